The Morgan fingerprint density at radius 2 is 1.91 bits per heavy atom. The Morgan fingerprint density at radius 1 is 1.14 bits per heavy atom. The zero-order chi connectivity index (χ0) is 15.7. The van der Waals surface area contributed by atoms with Gasteiger partial charge in [0.1, 0.15) is 6.17 Å². The van der Waals surface area contributed by atoms with Crippen LogP contribution in [0.25, 0.3) is 0 Å². The highest BCUT2D eigenvalue weighted by atomic mass is 79.9. The average molecular weight is 363 g/mol. The lowest BCUT2D eigenvalue weighted by atomic mass is 10.1. The summed E-state index contributed by atoms with van der Waals surface area (Å²) in [7, 11) is 3.08. The van der Waals surface area contributed by atoms with Gasteiger partial charge in [0.25, 0.3) is 5.91 Å². The van der Waals surface area contributed by atoms with Crippen molar-refractivity contribution < 1.29 is 14.3 Å². The van der Waals surface area contributed by atoms with E-state index in [0.717, 1.165) is 15.7 Å². The second kappa shape index (κ2) is 5.88. The fourth-order valence-corrected chi connectivity index (χ4v) is 2.94. The zero-order valence-corrected chi connectivity index (χ0v) is 13.7. The molecule has 2 aromatic rings. The molecule has 1 amide bonds. The molecule has 0 aromatic heterocycles. The summed E-state index contributed by atoms with van der Waals surface area (Å²) in [6.45, 7) is 0. The normalized spacial score (nSPS) is 16.0. The zero-order valence-electron chi connectivity index (χ0n) is 12.1. The van der Waals surface area contributed by atoms with Gasteiger partial charge in [-0.1, -0.05) is 18.2 Å². The molecule has 0 unspecified atom stereocenters. The highest BCUT2D eigenvalue weighted by Gasteiger charge is 2.33. The van der Waals surface area contributed by atoms with Crippen LogP contribution in [0.5, 0.6) is 11.5 Å². The van der Waals surface area contributed by atoms with Crippen molar-refractivity contribution in [3.63, 3.8) is 0 Å². The summed E-state index contributed by atoms with van der Waals surface area (Å²) in [6.07, 6.45) is -0.319. The Labute approximate surface area is 136 Å². The minimum Gasteiger partial charge on any atom is -0.493 e. The Kier molecular flexibility index (Phi) is 3.94. The topological polar surface area (TPSA) is 59.6 Å². The van der Waals surface area contributed by atoms with E-state index in [9.17, 15) is 4.79 Å². The number of carbonyl (C=O) groups excluding carboxylic acids is 1. The van der Waals surface area contributed by atoms with Crippen LogP contribution in [0.4, 0.5) is 5.69 Å². The number of hydrogen-bond acceptors (Lipinski definition) is 4. The molecule has 6 heteroatoms. The lowest BCUT2D eigenvalue weighted by Crippen LogP contribution is -2.25. The average Bonchev–Trinajstić information content (AvgIpc) is 2.85. The van der Waals surface area contributed by atoms with Crippen molar-refractivity contribution in [1.82, 2.24) is 5.32 Å². The molecular weight excluding hydrogens is 348 g/mol. The predicted molar refractivity (Wildman–Crippen MR) is 87.5 cm³/mol. The van der Waals surface area contributed by atoms with Gasteiger partial charge in [0.05, 0.1) is 25.5 Å². The smallest absolute Gasteiger partial charge is 0.257 e. The van der Waals surface area contributed by atoms with E-state index in [1.165, 1.54) is 7.11 Å². The van der Waals surface area contributed by atoms with Crippen LogP contribution in [-0.4, -0.2) is 20.1 Å². The minimum atomic E-state index is -0.319. The fraction of sp³-hybridized carbons (Fsp3) is 0.188. The number of anilines is 1. The number of rotatable bonds is 4. The summed E-state index contributed by atoms with van der Waals surface area (Å²) in [5.41, 5.74) is 2.24. The second-order valence-corrected chi connectivity index (χ2v) is 5.65. The molecule has 0 bridgehead atoms. The molecule has 5 nitrogen and oxygen atoms in total. The SMILES string of the molecule is COc1ccc2c(c1OC)C(=O)N[C@@H]2Nc1ccccc1Br. The summed E-state index contributed by atoms with van der Waals surface area (Å²) in [5, 5.41) is 6.22. The van der Waals surface area contributed by atoms with Crippen molar-refractivity contribution in [3.8, 4) is 11.5 Å². The first-order valence-electron chi connectivity index (χ1n) is 6.72. The van der Waals surface area contributed by atoms with Crippen molar-refractivity contribution in [2.24, 2.45) is 0 Å². The molecule has 0 radical (unpaired) electrons. The third-order valence-electron chi connectivity index (χ3n) is 3.57. The van der Waals surface area contributed by atoms with Gasteiger partial charge < -0.3 is 20.1 Å². The van der Waals surface area contributed by atoms with Gasteiger partial charge in [0.15, 0.2) is 11.5 Å². The van der Waals surface area contributed by atoms with E-state index in [0.29, 0.717) is 17.1 Å². The first kappa shape index (κ1) is 14.7. The van der Waals surface area contributed by atoms with Gasteiger partial charge in [-0.05, 0) is 34.1 Å². The van der Waals surface area contributed by atoms with E-state index in [4.69, 9.17) is 9.47 Å². The molecule has 1 aliphatic heterocycles. The summed E-state index contributed by atoms with van der Waals surface area (Å²) < 4.78 is 11.5. The highest BCUT2D eigenvalue weighted by Crippen LogP contribution is 2.39. The van der Waals surface area contributed by atoms with Crippen LogP contribution in [0.3, 0.4) is 0 Å². The van der Waals surface area contributed by atoms with Crippen LogP contribution in [-0.2, 0) is 0 Å². The number of fused-ring (bicyclic) bond motifs is 1. The summed E-state index contributed by atoms with van der Waals surface area (Å²) in [6, 6.07) is 11.4. The van der Waals surface area contributed by atoms with E-state index in [-0.39, 0.29) is 12.1 Å². The third kappa shape index (κ3) is 2.39. The summed E-state index contributed by atoms with van der Waals surface area (Å²) in [5.74, 6) is 0.808. The van der Waals surface area contributed by atoms with Crippen LogP contribution >= 0.6 is 15.9 Å². The van der Waals surface area contributed by atoms with Crippen LogP contribution in [0.1, 0.15) is 22.1 Å². The first-order valence-corrected chi connectivity index (χ1v) is 7.51. The van der Waals surface area contributed by atoms with Gasteiger partial charge >= 0.3 is 0 Å². The van der Waals surface area contributed by atoms with Crippen LogP contribution in [0.2, 0.25) is 0 Å². The Morgan fingerprint density at radius 3 is 2.59 bits per heavy atom. The number of benzene rings is 2. The van der Waals surface area contributed by atoms with Crippen molar-refractivity contribution in [1.29, 1.82) is 0 Å². The van der Waals surface area contributed by atoms with Crippen LogP contribution in [0.15, 0.2) is 40.9 Å². The van der Waals surface area contributed by atoms with E-state index < -0.39 is 0 Å². The minimum absolute atomic E-state index is 0.185. The number of nitrogens with one attached hydrogen (secondary N) is 2. The van der Waals surface area contributed by atoms with Crippen molar-refractivity contribution >= 4 is 27.5 Å². The van der Waals surface area contributed by atoms with Gasteiger partial charge in [-0.25, -0.2) is 0 Å². The molecule has 3 rings (SSSR count). The number of halogens is 1. The molecule has 0 saturated carbocycles. The van der Waals surface area contributed by atoms with Gasteiger partial charge in [-0.15, -0.1) is 0 Å². The summed E-state index contributed by atoms with van der Waals surface area (Å²) in [4.78, 5) is 12.3. The van der Waals surface area contributed by atoms with Gasteiger partial charge in [-0.3, -0.25) is 4.79 Å². The van der Waals surface area contributed by atoms with E-state index in [1.807, 2.05) is 30.3 Å². The third-order valence-corrected chi connectivity index (χ3v) is 4.26. The number of para-hydroxylation sites is 1. The Bertz CT molecular complexity index is 733. The standard InChI is InChI=1S/C16H15BrN2O3/c1-21-12-8-7-9-13(14(12)22-2)16(20)19-15(9)18-11-6-4-3-5-10(11)17/h3-8,15,18H,1-2H3,(H,19,20)/t15-/m0/s1. The van der Waals surface area contributed by atoms with Crippen LogP contribution < -0.4 is 20.1 Å². The number of carbonyl (C=O) groups is 1. The lowest BCUT2D eigenvalue weighted by Gasteiger charge is -2.17. The van der Waals surface area contributed by atoms with E-state index >= 15 is 0 Å². The molecule has 2 aromatic carbocycles. The van der Waals surface area contributed by atoms with Crippen molar-refractivity contribution in [2.75, 3.05) is 19.5 Å². The predicted octanol–water partition coefficient (Wildman–Crippen LogP) is 3.32. The fourth-order valence-electron chi connectivity index (χ4n) is 2.55. The molecule has 0 saturated heterocycles. The molecule has 0 aliphatic carbocycles. The van der Waals surface area contributed by atoms with Crippen LogP contribution in [0, 0.1) is 0 Å². The molecular formula is C16H15BrN2O3. The molecule has 1 atom stereocenters. The molecule has 2 N–H and O–H groups in total. The second-order valence-electron chi connectivity index (χ2n) is 4.80. The molecule has 1 heterocycles. The van der Waals surface area contributed by atoms with Gasteiger partial charge in [-0.2, -0.15) is 0 Å². The molecule has 22 heavy (non-hydrogen) atoms. The van der Waals surface area contributed by atoms with Gasteiger partial charge in [0.2, 0.25) is 0 Å². The number of ether oxygens (including phenoxy) is 2. The van der Waals surface area contributed by atoms with Crippen molar-refractivity contribution in [3.05, 3.63) is 52.0 Å². The summed E-state index contributed by atoms with van der Waals surface area (Å²) >= 11 is 3.49. The maximum atomic E-state index is 12.3. The molecule has 0 fully saturated rings. The lowest BCUT2D eigenvalue weighted by molar-refractivity contribution is 0.0956. The molecule has 114 valence electrons. The monoisotopic (exact) mass is 362 g/mol. The Hall–Kier alpha value is -2.21. The largest absolute Gasteiger partial charge is 0.493 e. The highest BCUT2D eigenvalue weighted by molar-refractivity contribution is 9.10. The first-order chi connectivity index (χ1) is 10.7. The van der Waals surface area contributed by atoms with E-state index in [2.05, 4.69) is 26.6 Å². The maximum Gasteiger partial charge on any atom is 0.257 e. The number of hydrogen-bond donors (Lipinski definition) is 2. The van der Waals surface area contributed by atoms with E-state index in [1.54, 1.807) is 13.2 Å². The quantitative estimate of drug-likeness (QED) is 0.875. The van der Waals surface area contributed by atoms with Gasteiger partial charge in [0, 0.05) is 10.0 Å². The number of amides is 1. The molecule has 1 aliphatic rings. The molecule has 0 spiro atoms. The maximum absolute atomic E-state index is 12.3. The number of methoxy groups -OCH3 is 2. The van der Waals surface area contributed by atoms with Crippen molar-refractivity contribution in [2.45, 2.75) is 6.17 Å². The Balaban J connectivity index is 2.00.